The Labute approximate surface area is 124 Å². The van der Waals surface area contributed by atoms with Gasteiger partial charge < -0.3 is 10.2 Å². The first-order chi connectivity index (χ1) is 9.61. The molecule has 0 amide bonds. The molecule has 2 aromatic rings. The Morgan fingerprint density at radius 1 is 1.15 bits per heavy atom. The third-order valence-electron chi connectivity index (χ3n) is 3.15. The van der Waals surface area contributed by atoms with E-state index in [1.165, 1.54) is 12.1 Å². The van der Waals surface area contributed by atoms with Gasteiger partial charge in [0, 0.05) is 20.1 Å². The number of nitrogens with one attached hydrogen (secondary N) is 1. The van der Waals surface area contributed by atoms with Gasteiger partial charge in [-0.1, -0.05) is 35.9 Å². The van der Waals surface area contributed by atoms with Gasteiger partial charge in [-0.05, 0) is 36.4 Å². The van der Waals surface area contributed by atoms with Gasteiger partial charge in [0.05, 0.1) is 10.7 Å². The molecule has 20 heavy (non-hydrogen) atoms. The van der Waals surface area contributed by atoms with Crippen molar-refractivity contribution >= 4 is 17.3 Å². The summed E-state index contributed by atoms with van der Waals surface area (Å²) in [5.74, 6) is -0.218. The number of hydrogen-bond acceptors (Lipinski definition) is 2. The van der Waals surface area contributed by atoms with Crippen molar-refractivity contribution in [3.8, 4) is 0 Å². The van der Waals surface area contributed by atoms with Crippen LogP contribution in [0.5, 0.6) is 0 Å². The highest BCUT2D eigenvalue weighted by molar-refractivity contribution is 6.33. The molecule has 0 bridgehead atoms. The van der Waals surface area contributed by atoms with Crippen molar-refractivity contribution in [2.45, 2.75) is 13.1 Å². The fourth-order valence-corrected chi connectivity index (χ4v) is 2.60. The Morgan fingerprint density at radius 2 is 1.85 bits per heavy atom. The second kappa shape index (κ2) is 6.73. The first kappa shape index (κ1) is 14.8. The molecular formula is C16H18ClFN2. The van der Waals surface area contributed by atoms with E-state index in [-0.39, 0.29) is 5.82 Å². The lowest BCUT2D eigenvalue weighted by Gasteiger charge is -2.24. The molecule has 0 radical (unpaired) electrons. The summed E-state index contributed by atoms with van der Waals surface area (Å²) in [6, 6.07) is 12.4. The summed E-state index contributed by atoms with van der Waals surface area (Å²) in [5, 5.41) is 3.87. The summed E-state index contributed by atoms with van der Waals surface area (Å²) < 4.78 is 12.9. The monoisotopic (exact) mass is 292 g/mol. The van der Waals surface area contributed by atoms with Crippen molar-refractivity contribution in [3.05, 3.63) is 64.4 Å². The van der Waals surface area contributed by atoms with Gasteiger partial charge >= 0.3 is 0 Å². The molecule has 4 heteroatoms. The van der Waals surface area contributed by atoms with Gasteiger partial charge in [0.25, 0.3) is 0 Å². The molecule has 1 N–H and O–H groups in total. The number of rotatable bonds is 5. The predicted molar refractivity (Wildman–Crippen MR) is 82.7 cm³/mol. The van der Waals surface area contributed by atoms with Gasteiger partial charge in [-0.25, -0.2) is 4.39 Å². The first-order valence-electron chi connectivity index (χ1n) is 6.49. The zero-order valence-electron chi connectivity index (χ0n) is 11.7. The SMILES string of the molecule is CNCc1cccc(Cl)c1N(C)Cc1ccc(F)cc1. The van der Waals surface area contributed by atoms with E-state index < -0.39 is 0 Å². The Kier molecular flexibility index (Phi) is 4.99. The number of hydrogen-bond donors (Lipinski definition) is 1. The minimum absolute atomic E-state index is 0.218. The topological polar surface area (TPSA) is 15.3 Å². The first-order valence-corrected chi connectivity index (χ1v) is 6.87. The van der Waals surface area contributed by atoms with Gasteiger partial charge in [0.15, 0.2) is 0 Å². The van der Waals surface area contributed by atoms with Crippen LogP contribution in [0.4, 0.5) is 10.1 Å². The van der Waals surface area contributed by atoms with Crippen LogP contribution in [0.2, 0.25) is 5.02 Å². The van der Waals surface area contributed by atoms with Gasteiger partial charge in [-0.3, -0.25) is 0 Å². The zero-order chi connectivity index (χ0) is 14.5. The van der Waals surface area contributed by atoms with Crippen LogP contribution in [-0.4, -0.2) is 14.1 Å². The molecule has 0 unspecified atom stereocenters. The van der Waals surface area contributed by atoms with E-state index in [0.29, 0.717) is 6.54 Å². The fourth-order valence-electron chi connectivity index (χ4n) is 2.26. The van der Waals surface area contributed by atoms with E-state index in [4.69, 9.17) is 11.6 Å². The molecule has 0 fully saturated rings. The Balaban J connectivity index is 2.24. The second-order valence-electron chi connectivity index (χ2n) is 4.76. The van der Waals surface area contributed by atoms with Crippen LogP contribution < -0.4 is 10.2 Å². The quantitative estimate of drug-likeness (QED) is 0.901. The van der Waals surface area contributed by atoms with E-state index in [2.05, 4.69) is 16.3 Å². The maximum Gasteiger partial charge on any atom is 0.123 e. The molecule has 0 saturated carbocycles. The molecule has 106 valence electrons. The lowest BCUT2D eigenvalue weighted by atomic mass is 10.1. The van der Waals surface area contributed by atoms with Crippen LogP contribution >= 0.6 is 11.6 Å². The van der Waals surface area contributed by atoms with Crippen molar-refractivity contribution < 1.29 is 4.39 Å². The number of benzene rings is 2. The summed E-state index contributed by atoms with van der Waals surface area (Å²) in [5.41, 5.74) is 3.20. The molecule has 0 saturated heterocycles. The van der Waals surface area contributed by atoms with Gasteiger partial charge in [0.2, 0.25) is 0 Å². The van der Waals surface area contributed by atoms with Crippen molar-refractivity contribution in [2.75, 3.05) is 19.0 Å². The third-order valence-corrected chi connectivity index (χ3v) is 3.46. The largest absolute Gasteiger partial charge is 0.369 e. The lowest BCUT2D eigenvalue weighted by molar-refractivity contribution is 0.627. The molecule has 2 nitrogen and oxygen atoms in total. The molecule has 2 rings (SSSR count). The summed E-state index contributed by atoms with van der Waals surface area (Å²) in [4.78, 5) is 2.09. The van der Waals surface area contributed by atoms with Crippen molar-refractivity contribution in [3.63, 3.8) is 0 Å². The molecule has 2 aromatic carbocycles. The maximum absolute atomic E-state index is 12.9. The van der Waals surface area contributed by atoms with Crippen LogP contribution in [0.3, 0.4) is 0 Å². The highest BCUT2D eigenvalue weighted by Gasteiger charge is 2.11. The number of nitrogens with zero attached hydrogens (tertiary/aromatic N) is 1. The van der Waals surface area contributed by atoms with Crippen LogP contribution in [0, 0.1) is 5.82 Å². The highest BCUT2D eigenvalue weighted by atomic mass is 35.5. The lowest BCUT2D eigenvalue weighted by Crippen LogP contribution is -2.20. The molecule has 0 aliphatic rings. The molecular weight excluding hydrogens is 275 g/mol. The van der Waals surface area contributed by atoms with Crippen molar-refractivity contribution in [1.82, 2.24) is 5.32 Å². The second-order valence-corrected chi connectivity index (χ2v) is 5.17. The molecule has 0 spiro atoms. The Morgan fingerprint density at radius 3 is 2.50 bits per heavy atom. The van der Waals surface area contributed by atoms with Crippen molar-refractivity contribution in [2.24, 2.45) is 0 Å². The standard InChI is InChI=1S/C16H18ClFN2/c1-19-10-13-4-3-5-15(17)16(13)20(2)11-12-6-8-14(18)9-7-12/h3-9,19H,10-11H2,1-2H3. The van der Waals surface area contributed by atoms with E-state index in [1.54, 1.807) is 12.1 Å². The molecule has 0 atom stereocenters. The average molecular weight is 293 g/mol. The van der Waals surface area contributed by atoms with Crippen LogP contribution in [0.1, 0.15) is 11.1 Å². The van der Waals surface area contributed by atoms with Gasteiger partial charge in [0.1, 0.15) is 5.82 Å². The minimum atomic E-state index is -0.218. The number of para-hydroxylation sites is 1. The fraction of sp³-hybridized carbons (Fsp3) is 0.250. The molecule has 0 aromatic heterocycles. The average Bonchev–Trinajstić information content (AvgIpc) is 2.42. The smallest absolute Gasteiger partial charge is 0.123 e. The predicted octanol–water partition coefficient (Wildman–Crippen LogP) is 3.83. The summed E-state index contributed by atoms with van der Waals surface area (Å²) in [6.07, 6.45) is 0. The molecule has 0 aliphatic heterocycles. The molecule has 0 heterocycles. The maximum atomic E-state index is 12.9. The number of anilines is 1. The normalized spacial score (nSPS) is 10.6. The van der Waals surface area contributed by atoms with Crippen LogP contribution in [-0.2, 0) is 13.1 Å². The van der Waals surface area contributed by atoms with E-state index >= 15 is 0 Å². The minimum Gasteiger partial charge on any atom is -0.369 e. The summed E-state index contributed by atoms with van der Waals surface area (Å²) in [6.45, 7) is 1.43. The third kappa shape index (κ3) is 3.50. The van der Waals surface area contributed by atoms with Crippen molar-refractivity contribution in [1.29, 1.82) is 0 Å². The highest BCUT2D eigenvalue weighted by Crippen LogP contribution is 2.30. The van der Waals surface area contributed by atoms with E-state index in [1.807, 2.05) is 26.2 Å². The Bertz CT molecular complexity index is 569. The van der Waals surface area contributed by atoms with Gasteiger partial charge in [-0.2, -0.15) is 0 Å². The summed E-state index contributed by atoms with van der Waals surface area (Å²) in [7, 11) is 3.90. The van der Waals surface area contributed by atoms with E-state index in [9.17, 15) is 4.39 Å². The Hall–Kier alpha value is -1.58. The number of halogens is 2. The van der Waals surface area contributed by atoms with Gasteiger partial charge in [-0.15, -0.1) is 0 Å². The molecule has 0 aliphatic carbocycles. The van der Waals surface area contributed by atoms with Crippen LogP contribution in [0.15, 0.2) is 42.5 Å². The van der Waals surface area contributed by atoms with E-state index in [0.717, 1.165) is 28.4 Å². The zero-order valence-corrected chi connectivity index (χ0v) is 12.4. The van der Waals surface area contributed by atoms with Crippen LogP contribution in [0.25, 0.3) is 0 Å². The summed E-state index contributed by atoms with van der Waals surface area (Å²) >= 11 is 6.32.